The molecule has 3 N–H and O–H groups in total. The van der Waals surface area contributed by atoms with Gasteiger partial charge >= 0.3 is 0 Å². The van der Waals surface area contributed by atoms with Crippen LogP contribution in [0.4, 0.5) is 11.4 Å². The molecule has 0 aliphatic heterocycles. The zero-order valence-corrected chi connectivity index (χ0v) is 16.2. The molecule has 10 nitrogen and oxygen atoms in total. The Labute approximate surface area is 164 Å². The Kier molecular flexibility index (Phi) is 6.20. The van der Waals surface area contributed by atoms with Crippen molar-refractivity contribution < 1.29 is 23.2 Å². The molecule has 0 bridgehead atoms. The van der Waals surface area contributed by atoms with Crippen LogP contribution < -0.4 is 5.56 Å². The first-order chi connectivity index (χ1) is 13.0. The number of rotatable bonds is 5. The van der Waals surface area contributed by atoms with Gasteiger partial charge in [0.25, 0.3) is 15.7 Å². The number of benzene rings is 1. The summed E-state index contributed by atoms with van der Waals surface area (Å²) in [6.07, 6.45) is -0.997. The molecule has 0 aliphatic carbocycles. The lowest BCUT2D eigenvalue weighted by Gasteiger charge is -2.14. The van der Waals surface area contributed by atoms with Gasteiger partial charge in [0.1, 0.15) is 17.3 Å². The van der Waals surface area contributed by atoms with Crippen molar-refractivity contribution in [1.82, 2.24) is 4.57 Å². The molecule has 148 valence electrons. The molecule has 2 aromatic rings. The van der Waals surface area contributed by atoms with Gasteiger partial charge in [-0.15, -0.1) is 10.2 Å². The SMILES string of the molecule is Cc1c(C#N)c(O)n(CC(C)O)c(=O)c1N=Nc1cc(S(=O)(=O)O)ccc1Cl. The van der Waals surface area contributed by atoms with Crippen LogP contribution in [0, 0.1) is 18.3 Å². The van der Waals surface area contributed by atoms with E-state index >= 15 is 0 Å². The molecular formula is C16H15ClN4O6S. The Morgan fingerprint density at radius 2 is 2.00 bits per heavy atom. The summed E-state index contributed by atoms with van der Waals surface area (Å²) >= 11 is 5.94. The third-order valence-corrected chi connectivity index (χ3v) is 4.86. The first-order valence-corrected chi connectivity index (χ1v) is 9.52. The average Bonchev–Trinajstić information content (AvgIpc) is 2.59. The second-order valence-corrected chi connectivity index (χ2v) is 7.67. The van der Waals surface area contributed by atoms with Gasteiger partial charge in [0.05, 0.1) is 22.6 Å². The first-order valence-electron chi connectivity index (χ1n) is 7.70. The highest BCUT2D eigenvalue weighted by Gasteiger charge is 2.20. The van der Waals surface area contributed by atoms with Crippen LogP contribution in [0.5, 0.6) is 5.88 Å². The molecule has 0 spiro atoms. The topological polar surface area (TPSA) is 165 Å². The van der Waals surface area contributed by atoms with Crippen LogP contribution in [0.2, 0.25) is 5.02 Å². The summed E-state index contributed by atoms with van der Waals surface area (Å²) in [5.74, 6) is -0.615. The molecule has 0 fully saturated rings. The van der Waals surface area contributed by atoms with E-state index in [1.165, 1.54) is 19.9 Å². The number of aliphatic hydroxyl groups is 1. The largest absolute Gasteiger partial charge is 0.493 e. The lowest BCUT2D eigenvalue weighted by Crippen LogP contribution is -2.26. The quantitative estimate of drug-likeness (QED) is 0.487. The molecule has 0 aliphatic rings. The van der Waals surface area contributed by atoms with Gasteiger partial charge in [0.2, 0.25) is 5.88 Å². The maximum absolute atomic E-state index is 12.6. The smallest absolute Gasteiger partial charge is 0.294 e. The Balaban J connectivity index is 2.67. The molecule has 1 atom stereocenters. The van der Waals surface area contributed by atoms with Gasteiger partial charge in [0.15, 0.2) is 5.69 Å². The lowest BCUT2D eigenvalue weighted by atomic mass is 10.1. The van der Waals surface area contributed by atoms with E-state index in [1.807, 2.05) is 0 Å². The standard InChI is InChI=1S/C16H15ClN4O6S/c1-8(22)7-21-15(23)11(6-18)9(2)14(16(21)24)20-19-13-5-10(28(25,26)27)3-4-12(13)17/h3-5,8,22-23H,7H2,1-2H3,(H,25,26,27). The summed E-state index contributed by atoms with van der Waals surface area (Å²) in [7, 11) is -4.51. The number of hydrogen-bond donors (Lipinski definition) is 3. The molecule has 1 heterocycles. The van der Waals surface area contributed by atoms with Gasteiger partial charge in [-0.2, -0.15) is 13.7 Å². The van der Waals surface area contributed by atoms with Crippen LogP contribution in [0.3, 0.4) is 0 Å². The van der Waals surface area contributed by atoms with Crippen molar-refractivity contribution in [3.05, 3.63) is 44.7 Å². The van der Waals surface area contributed by atoms with E-state index in [0.29, 0.717) is 0 Å². The van der Waals surface area contributed by atoms with Crippen LogP contribution in [-0.4, -0.2) is 33.9 Å². The monoisotopic (exact) mass is 426 g/mol. The highest BCUT2D eigenvalue weighted by Crippen LogP contribution is 2.31. The summed E-state index contributed by atoms with van der Waals surface area (Å²) in [6.45, 7) is 2.47. The predicted octanol–water partition coefficient (Wildman–Crippen LogP) is 2.43. The van der Waals surface area contributed by atoms with Gasteiger partial charge in [-0.3, -0.25) is 13.9 Å². The first kappa shape index (κ1) is 21.5. The molecular weight excluding hydrogens is 412 g/mol. The summed E-state index contributed by atoms with van der Waals surface area (Å²) < 4.78 is 32.4. The van der Waals surface area contributed by atoms with Crippen LogP contribution >= 0.6 is 11.6 Å². The summed E-state index contributed by atoms with van der Waals surface area (Å²) in [5.41, 5.74) is -1.46. The predicted molar refractivity (Wildman–Crippen MR) is 98.9 cm³/mol. The highest BCUT2D eigenvalue weighted by molar-refractivity contribution is 7.85. The zero-order chi connectivity index (χ0) is 21.2. The van der Waals surface area contributed by atoms with Gasteiger partial charge < -0.3 is 10.2 Å². The third-order valence-electron chi connectivity index (χ3n) is 3.69. The Morgan fingerprint density at radius 1 is 1.36 bits per heavy atom. The summed E-state index contributed by atoms with van der Waals surface area (Å²) in [4.78, 5) is 12.1. The zero-order valence-electron chi connectivity index (χ0n) is 14.7. The number of azo groups is 1. The number of aromatic hydroxyl groups is 1. The van der Waals surface area contributed by atoms with E-state index < -0.39 is 32.6 Å². The van der Waals surface area contributed by atoms with Gasteiger partial charge in [-0.05, 0) is 32.0 Å². The molecule has 0 saturated heterocycles. The molecule has 1 aromatic heterocycles. The minimum atomic E-state index is -4.51. The van der Waals surface area contributed by atoms with E-state index in [9.17, 15) is 28.7 Å². The Bertz CT molecular complexity index is 1170. The van der Waals surface area contributed by atoms with E-state index in [-0.39, 0.29) is 34.1 Å². The summed E-state index contributed by atoms with van der Waals surface area (Å²) in [5, 5.41) is 36.4. The van der Waals surface area contributed by atoms with Gasteiger partial charge in [0, 0.05) is 5.56 Å². The number of aliphatic hydroxyl groups excluding tert-OH is 1. The number of hydrogen-bond acceptors (Lipinski definition) is 8. The van der Waals surface area contributed by atoms with Crippen molar-refractivity contribution in [2.75, 3.05) is 0 Å². The van der Waals surface area contributed by atoms with E-state index in [1.54, 1.807) is 6.07 Å². The van der Waals surface area contributed by atoms with Gasteiger partial charge in [-0.1, -0.05) is 11.6 Å². The van der Waals surface area contributed by atoms with Crippen LogP contribution in [-0.2, 0) is 16.7 Å². The molecule has 12 heteroatoms. The van der Waals surface area contributed by atoms with Crippen molar-refractivity contribution >= 4 is 33.1 Å². The van der Waals surface area contributed by atoms with Crippen LogP contribution in [0.1, 0.15) is 18.1 Å². The van der Waals surface area contributed by atoms with E-state index in [2.05, 4.69) is 10.2 Å². The van der Waals surface area contributed by atoms with Gasteiger partial charge in [-0.25, -0.2) is 0 Å². The fourth-order valence-electron chi connectivity index (χ4n) is 2.32. The minimum absolute atomic E-state index is 0.00241. The number of nitrogens with zero attached hydrogens (tertiary/aromatic N) is 4. The Hall–Kier alpha value is -2.78. The van der Waals surface area contributed by atoms with Crippen molar-refractivity contribution in [2.45, 2.75) is 31.4 Å². The number of halogens is 1. The number of aromatic nitrogens is 1. The molecule has 1 aromatic carbocycles. The molecule has 0 amide bonds. The van der Waals surface area contributed by atoms with Crippen molar-refractivity contribution in [1.29, 1.82) is 5.26 Å². The average molecular weight is 427 g/mol. The molecule has 1 unspecified atom stereocenters. The van der Waals surface area contributed by atoms with Crippen LogP contribution in [0.15, 0.2) is 38.1 Å². The van der Waals surface area contributed by atoms with E-state index in [4.69, 9.17) is 16.2 Å². The highest BCUT2D eigenvalue weighted by atomic mass is 35.5. The fourth-order valence-corrected chi connectivity index (χ4v) is 2.98. The van der Waals surface area contributed by atoms with E-state index in [0.717, 1.165) is 16.7 Å². The molecule has 2 rings (SSSR count). The molecule has 28 heavy (non-hydrogen) atoms. The van der Waals surface area contributed by atoms with Crippen LogP contribution in [0.25, 0.3) is 0 Å². The normalized spacial score (nSPS) is 12.9. The minimum Gasteiger partial charge on any atom is -0.493 e. The van der Waals surface area contributed by atoms with Crippen molar-refractivity contribution in [2.24, 2.45) is 10.2 Å². The maximum Gasteiger partial charge on any atom is 0.294 e. The second kappa shape index (κ2) is 8.07. The maximum atomic E-state index is 12.6. The van der Waals surface area contributed by atoms with Crippen molar-refractivity contribution in [3.8, 4) is 11.9 Å². The molecule has 0 radical (unpaired) electrons. The fraction of sp³-hybridized carbons (Fsp3) is 0.250. The number of nitriles is 1. The Morgan fingerprint density at radius 3 is 2.54 bits per heavy atom. The summed E-state index contributed by atoms with van der Waals surface area (Å²) in [6, 6.07) is 4.94. The van der Waals surface area contributed by atoms with Crippen molar-refractivity contribution in [3.63, 3.8) is 0 Å². The lowest BCUT2D eigenvalue weighted by molar-refractivity contribution is 0.167. The third kappa shape index (κ3) is 4.37. The molecule has 0 saturated carbocycles. The number of pyridine rings is 1. The second-order valence-electron chi connectivity index (χ2n) is 5.84.